The molecular weight excluding hydrogens is 364 g/mol. The standard InChI is InChI=1S/C25H42O4/c1-15(5-8-22(28)29-4)18-6-7-19-23-20(10-12-25(18,19)3)24(2)11-9-17(26)13-16(24)14-21(23)27/h15-21,23,26-27H,5-14H2,1-4H3/t15-,16+,17-,18-,19+,20+,21+,23?,24+,25-/m1/s1. The number of ether oxygens (including phenoxy) is 1. The fourth-order valence-corrected chi connectivity index (χ4v) is 8.82. The van der Waals surface area contributed by atoms with Crippen molar-refractivity contribution in [2.45, 2.75) is 97.2 Å². The SMILES string of the molecule is COC(=O)CC[C@@H](C)[C@H]1CC[C@H]2C3[C@@H](O)C[C@@H]4C[C@H](O)CC[C@]4(C)[C@H]3CC[C@]12C. The quantitative estimate of drug-likeness (QED) is 0.671. The fourth-order valence-electron chi connectivity index (χ4n) is 8.82. The summed E-state index contributed by atoms with van der Waals surface area (Å²) in [5, 5.41) is 21.5. The Bertz CT molecular complexity index is 620. The molecule has 1 unspecified atom stereocenters. The third-order valence-corrected chi connectivity index (χ3v) is 10.4. The van der Waals surface area contributed by atoms with E-state index in [1.807, 2.05) is 0 Å². The van der Waals surface area contributed by atoms with Crippen LogP contribution < -0.4 is 0 Å². The van der Waals surface area contributed by atoms with Gasteiger partial charge in [-0.3, -0.25) is 4.79 Å². The van der Waals surface area contributed by atoms with E-state index in [1.165, 1.54) is 32.8 Å². The molecule has 0 aliphatic heterocycles. The first-order valence-corrected chi connectivity index (χ1v) is 12.1. The Morgan fingerprint density at radius 2 is 1.72 bits per heavy atom. The van der Waals surface area contributed by atoms with Crippen LogP contribution in [-0.2, 0) is 9.53 Å². The van der Waals surface area contributed by atoms with E-state index in [0.717, 1.165) is 32.1 Å². The Morgan fingerprint density at radius 3 is 2.45 bits per heavy atom. The van der Waals surface area contributed by atoms with Gasteiger partial charge in [-0.05, 0) is 104 Å². The molecule has 166 valence electrons. The van der Waals surface area contributed by atoms with Crippen LogP contribution in [0.15, 0.2) is 0 Å². The van der Waals surface area contributed by atoms with Gasteiger partial charge in [0.05, 0.1) is 19.3 Å². The molecule has 4 aliphatic carbocycles. The summed E-state index contributed by atoms with van der Waals surface area (Å²) >= 11 is 0. The molecule has 29 heavy (non-hydrogen) atoms. The maximum absolute atomic E-state index is 11.6. The number of carbonyl (C=O) groups excluding carboxylic acids is 1. The van der Waals surface area contributed by atoms with E-state index in [0.29, 0.717) is 47.3 Å². The number of hydrogen-bond donors (Lipinski definition) is 2. The number of rotatable bonds is 4. The van der Waals surface area contributed by atoms with Crippen molar-refractivity contribution in [1.29, 1.82) is 0 Å². The van der Waals surface area contributed by atoms with Crippen LogP contribution in [0.25, 0.3) is 0 Å². The van der Waals surface area contributed by atoms with Crippen molar-refractivity contribution in [3.8, 4) is 0 Å². The monoisotopic (exact) mass is 406 g/mol. The van der Waals surface area contributed by atoms with Gasteiger partial charge in [0.2, 0.25) is 0 Å². The molecule has 0 aromatic rings. The van der Waals surface area contributed by atoms with Crippen LogP contribution in [0.1, 0.15) is 85.0 Å². The second kappa shape index (κ2) is 7.82. The van der Waals surface area contributed by atoms with E-state index in [-0.39, 0.29) is 23.6 Å². The van der Waals surface area contributed by atoms with Gasteiger partial charge >= 0.3 is 5.97 Å². The van der Waals surface area contributed by atoms with Crippen molar-refractivity contribution < 1.29 is 19.7 Å². The summed E-state index contributed by atoms with van der Waals surface area (Å²) in [6, 6.07) is 0. The zero-order chi connectivity index (χ0) is 21.0. The summed E-state index contributed by atoms with van der Waals surface area (Å²) in [5.41, 5.74) is 0.577. The van der Waals surface area contributed by atoms with E-state index in [1.54, 1.807) is 0 Å². The van der Waals surface area contributed by atoms with Gasteiger partial charge in [-0.15, -0.1) is 0 Å². The zero-order valence-corrected chi connectivity index (χ0v) is 18.9. The molecule has 4 heteroatoms. The van der Waals surface area contributed by atoms with Gasteiger partial charge in [0.1, 0.15) is 0 Å². The van der Waals surface area contributed by atoms with Gasteiger partial charge in [0.25, 0.3) is 0 Å². The maximum Gasteiger partial charge on any atom is 0.305 e. The average Bonchev–Trinajstić information content (AvgIpc) is 3.04. The van der Waals surface area contributed by atoms with Crippen molar-refractivity contribution in [2.75, 3.05) is 7.11 Å². The molecule has 0 saturated heterocycles. The normalized spacial score (nSPS) is 50.2. The number of hydrogen-bond acceptors (Lipinski definition) is 4. The smallest absolute Gasteiger partial charge is 0.305 e. The van der Waals surface area contributed by atoms with Gasteiger partial charge < -0.3 is 14.9 Å². The van der Waals surface area contributed by atoms with Gasteiger partial charge in [-0.2, -0.15) is 0 Å². The van der Waals surface area contributed by atoms with E-state index < -0.39 is 0 Å². The molecule has 0 amide bonds. The summed E-state index contributed by atoms with van der Waals surface area (Å²) in [5.74, 6) is 3.17. The minimum atomic E-state index is -0.211. The van der Waals surface area contributed by atoms with Crippen LogP contribution >= 0.6 is 0 Å². The molecule has 4 saturated carbocycles. The molecule has 0 aromatic heterocycles. The lowest BCUT2D eigenvalue weighted by molar-refractivity contribution is -0.174. The van der Waals surface area contributed by atoms with Crippen LogP contribution in [0.5, 0.6) is 0 Å². The van der Waals surface area contributed by atoms with Crippen LogP contribution in [0, 0.1) is 46.3 Å². The summed E-state index contributed by atoms with van der Waals surface area (Å²) < 4.78 is 4.86. The van der Waals surface area contributed by atoms with E-state index in [2.05, 4.69) is 20.8 Å². The highest BCUT2D eigenvalue weighted by Crippen LogP contribution is 2.68. The van der Waals surface area contributed by atoms with Gasteiger partial charge in [-0.1, -0.05) is 20.8 Å². The van der Waals surface area contributed by atoms with Crippen LogP contribution in [0.4, 0.5) is 0 Å². The van der Waals surface area contributed by atoms with Crippen molar-refractivity contribution in [3.05, 3.63) is 0 Å². The fraction of sp³-hybridized carbons (Fsp3) is 0.960. The first-order valence-electron chi connectivity index (χ1n) is 12.1. The van der Waals surface area contributed by atoms with Gasteiger partial charge in [0, 0.05) is 6.42 Å². The molecular formula is C25H42O4. The second-order valence-corrected chi connectivity index (χ2v) is 11.5. The summed E-state index contributed by atoms with van der Waals surface area (Å²) in [7, 11) is 1.48. The highest BCUT2D eigenvalue weighted by Gasteiger charge is 2.62. The number of fused-ring (bicyclic) bond motifs is 5. The van der Waals surface area contributed by atoms with Gasteiger partial charge in [-0.25, -0.2) is 0 Å². The molecule has 4 aliphatic rings. The number of aliphatic hydroxyl groups is 2. The Hall–Kier alpha value is -0.610. The largest absolute Gasteiger partial charge is 0.469 e. The van der Waals surface area contributed by atoms with E-state index >= 15 is 0 Å². The van der Waals surface area contributed by atoms with E-state index in [9.17, 15) is 15.0 Å². The van der Waals surface area contributed by atoms with Crippen molar-refractivity contribution >= 4 is 5.97 Å². The molecule has 4 fully saturated rings. The first kappa shape index (κ1) is 21.6. The van der Waals surface area contributed by atoms with Crippen LogP contribution in [0.3, 0.4) is 0 Å². The molecule has 10 atom stereocenters. The van der Waals surface area contributed by atoms with Crippen LogP contribution in [0.2, 0.25) is 0 Å². The highest BCUT2D eigenvalue weighted by atomic mass is 16.5. The predicted octanol–water partition coefficient (Wildman–Crippen LogP) is 4.57. The van der Waals surface area contributed by atoms with Crippen molar-refractivity contribution in [3.63, 3.8) is 0 Å². The molecule has 0 heterocycles. The van der Waals surface area contributed by atoms with Crippen LogP contribution in [-0.4, -0.2) is 35.5 Å². The lowest BCUT2D eigenvalue weighted by Crippen LogP contribution is -2.58. The predicted molar refractivity (Wildman–Crippen MR) is 113 cm³/mol. The number of carbonyl (C=O) groups is 1. The molecule has 4 rings (SSSR count). The zero-order valence-electron chi connectivity index (χ0n) is 18.9. The lowest BCUT2D eigenvalue weighted by atomic mass is 9.43. The summed E-state index contributed by atoms with van der Waals surface area (Å²) in [6.45, 7) is 7.29. The molecule has 0 spiro atoms. The lowest BCUT2D eigenvalue weighted by Gasteiger charge is -2.62. The minimum absolute atomic E-state index is 0.0959. The molecule has 0 bridgehead atoms. The van der Waals surface area contributed by atoms with Crippen molar-refractivity contribution in [1.82, 2.24) is 0 Å². The molecule has 2 N–H and O–H groups in total. The van der Waals surface area contributed by atoms with Gasteiger partial charge in [0.15, 0.2) is 0 Å². The number of aliphatic hydroxyl groups excluding tert-OH is 2. The minimum Gasteiger partial charge on any atom is -0.469 e. The topological polar surface area (TPSA) is 66.8 Å². The third-order valence-electron chi connectivity index (χ3n) is 10.4. The van der Waals surface area contributed by atoms with Crippen molar-refractivity contribution in [2.24, 2.45) is 46.3 Å². The number of esters is 1. The molecule has 4 nitrogen and oxygen atoms in total. The Balaban J connectivity index is 1.53. The number of methoxy groups -OCH3 is 1. The molecule has 0 aromatic carbocycles. The molecule has 0 radical (unpaired) electrons. The third kappa shape index (κ3) is 3.46. The Labute approximate surface area is 176 Å². The first-order chi connectivity index (χ1) is 13.7. The Morgan fingerprint density at radius 1 is 1.03 bits per heavy atom. The average molecular weight is 407 g/mol. The Kier molecular flexibility index (Phi) is 5.83. The maximum atomic E-state index is 11.6. The summed E-state index contributed by atoms with van der Waals surface area (Å²) in [6.07, 6.45) is 9.80. The second-order valence-electron chi connectivity index (χ2n) is 11.5. The van der Waals surface area contributed by atoms with E-state index in [4.69, 9.17) is 4.74 Å². The highest BCUT2D eigenvalue weighted by molar-refractivity contribution is 5.69. The summed E-state index contributed by atoms with van der Waals surface area (Å²) in [4.78, 5) is 11.6.